The van der Waals surface area contributed by atoms with Gasteiger partial charge in [-0.2, -0.15) is 0 Å². The number of ether oxygens (including phenoxy) is 1. The molecule has 92 valence electrons. The van der Waals surface area contributed by atoms with E-state index in [9.17, 15) is 9.59 Å². The van der Waals surface area contributed by atoms with Crippen molar-refractivity contribution >= 4 is 17.6 Å². The monoisotopic (exact) mass is 237 g/mol. The van der Waals surface area contributed by atoms with Gasteiger partial charge in [-0.1, -0.05) is 12.1 Å². The minimum absolute atomic E-state index is 0.112. The summed E-state index contributed by atoms with van der Waals surface area (Å²) >= 11 is 0. The normalized spacial score (nSPS) is 10.0. The van der Waals surface area contributed by atoms with Crippen LogP contribution in [-0.2, 0) is 9.53 Å². The molecule has 0 spiro atoms. The number of para-hydroxylation sites is 1. The van der Waals surface area contributed by atoms with E-state index in [-0.39, 0.29) is 17.9 Å². The highest BCUT2D eigenvalue weighted by molar-refractivity contribution is 6.01. The highest BCUT2D eigenvalue weighted by Crippen LogP contribution is 2.19. The van der Waals surface area contributed by atoms with Gasteiger partial charge in [0.25, 0.3) is 0 Å². The summed E-state index contributed by atoms with van der Waals surface area (Å²) in [4.78, 5) is 24.1. The lowest BCUT2D eigenvalue weighted by Crippen LogP contribution is -2.28. The van der Waals surface area contributed by atoms with Gasteiger partial charge in [0.1, 0.15) is 0 Å². The molecule has 0 atom stereocenters. The SMILES string of the molecule is COCCC(=O)N(C)c1ccccc1C(=O)O. The predicted molar refractivity (Wildman–Crippen MR) is 63.3 cm³/mol. The number of aromatic carboxylic acids is 1. The van der Waals surface area contributed by atoms with E-state index in [0.29, 0.717) is 12.3 Å². The van der Waals surface area contributed by atoms with Gasteiger partial charge in [-0.05, 0) is 12.1 Å². The van der Waals surface area contributed by atoms with Gasteiger partial charge in [0.05, 0.1) is 24.3 Å². The zero-order valence-corrected chi connectivity index (χ0v) is 9.84. The Morgan fingerprint density at radius 2 is 2.00 bits per heavy atom. The van der Waals surface area contributed by atoms with Crippen LogP contribution in [0, 0.1) is 0 Å². The predicted octanol–water partition coefficient (Wildman–Crippen LogP) is 1.38. The maximum absolute atomic E-state index is 11.7. The molecule has 0 aliphatic heterocycles. The van der Waals surface area contributed by atoms with E-state index in [1.54, 1.807) is 25.2 Å². The molecule has 5 nitrogen and oxygen atoms in total. The fourth-order valence-corrected chi connectivity index (χ4v) is 1.44. The summed E-state index contributed by atoms with van der Waals surface area (Å²) in [6.07, 6.45) is 0.223. The van der Waals surface area contributed by atoms with Crippen LogP contribution in [0.2, 0.25) is 0 Å². The lowest BCUT2D eigenvalue weighted by Gasteiger charge is -2.19. The Labute approximate surface area is 99.6 Å². The first-order valence-electron chi connectivity index (χ1n) is 5.15. The van der Waals surface area contributed by atoms with Crippen LogP contribution in [0.4, 0.5) is 5.69 Å². The standard InChI is InChI=1S/C12H15NO4/c1-13(11(14)7-8-17-2)10-6-4-3-5-9(10)12(15)16/h3-6H,7-8H2,1-2H3,(H,15,16). The van der Waals surface area contributed by atoms with Crippen molar-refractivity contribution in [3.63, 3.8) is 0 Å². The zero-order valence-electron chi connectivity index (χ0n) is 9.84. The Balaban J connectivity index is 2.91. The molecule has 0 fully saturated rings. The van der Waals surface area contributed by atoms with E-state index in [4.69, 9.17) is 9.84 Å². The molecule has 0 radical (unpaired) electrons. The molecule has 1 aromatic carbocycles. The van der Waals surface area contributed by atoms with Crippen molar-refractivity contribution in [3.8, 4) is 0 Å². The second-order valence-corrected chi connectivity index (χ2v) is 3.52. The average Bonchev–Trinajstić information content (AvgIpc) is 2.34. The molecule has 0 aromatic heterocycles. The molecule has 0 aliphatic carbocycles. The summed E-state index contributed by atoms with van der Waals surface area (Å²) in [5.74, 6) is -1.23. The lowest BCUT2D eigenvalue weighted by molar-refractivity contribution is -0.119. The third kappa shape index (κ3) is 3.29. The fourth-order valence-electron chi connectivity index (χ4n) is 1.44. The Bertz CT molecular complexity index is 417. The number of rotatable bonds is 5. The van der Waals surface area contributed by atoms with Crippen molar-refractivity contribution < 1.29 is 19.4 Å². The number of hydrogen-bond acceptors (Lipinski definition) is 3. The van der Waals surface area contributed by atoms with Gasteiger partial charge in [0, 0.05) is 14.2 Å². The molecule has 1 N–H and O–H groups in total. The van der Waals surface area contributed by atoms with Crippen LogP contribution >= 0.6 is 0 Å². The van der Waals surface area contributed by atoms with Gasteiger partial charge in [-0.25, -0.2) is 4.79 Å². The highest BCUT2D eigenvalue weighted by atomic mass is 16.5. The Kier molecular flexibility index (Phi) is 4.66. The van der Waals surface area contributed by atoms with Crippen molar-refractivity contribution in [1.29, 1.82) is 0 Å². The first-order valence-corrected chi connectivity index (χ1v) is 5.15. The summed E-state index contributed by atoms with van der Waals surface area (Å²) in [7, 11) is 3.07. The molecular formula is C12H15NO4. The summed E-state index contributed by atoms with van der Waals surface area (Å²) in [5.41, 5.74) is 0.502. The van der Waals surface area contributed by atoms with Crippen molar-refractivity contribution in [2.45, 2.75) is 6.42 Å². The Hall–Kier alpha value is -1.88. The van der Waals surface area contributed by atoms with Gasteiger partial charge in [0.2, 0.25) is 5.91 Å². The average molecular weight is 237 g/mol. The number of amides is 1. The van der Waals surface area contributed by atoms with Crippen LogP contribution in [0.1, 0.15) is 16.8 Å². The van der Waals surface area contributed by atoms with Crippen LogP contribution < -0.4 is 4.90 Å². The van der Waals surface area contributed by atoms with E-state index < -0.39 is 5.97 Å². The topological polar surface area (TPSA) is 66.8 Å². The number of carboxylic acid groups (broad SMARTS) is 1. The molecule has 1 amide bonds. The molecule has 17 heavy (non-hydrogen) atoms. The minimum atomic E-state index is -1.05. The lowest BCUT2D eigenvalue weighted by atomic mass is 10.1. The second-order valence-electron chi connectivity index (χ2n) is 3.52. The number of anilines is 1. The summed E-state index contributed by atoms with van der Waals surface area (Å²) in [6.45, 7) is 0.318. The van der Waals surface area contributed by atoms with Gasteiger partial charge >= 0.3 is 5.97 Å². The quantitative estimate of drug-likeness (QED) is 0.840. The van der Waals surface area contributed by atoms with Gasteiger partial charge in [0.15, 0.2) is 0 Å². The summed E-state index contributed by atoms with van der Waals surface area (Å²) < 4.78 is 4.81. The van der Waals surface area contributed by atoms with Crippen LogP contribution in [0.15, 0.2) is 24.3 Å². The molecule has 1 rings (SSSR count). The van der Waals surface area contributed by atoms with Gasteiger partial charge in [-0.15, -0.1) is 0 Å². The molecule has 0 unspecified atom stereocenters. The first-order chi connectivity index (χ1) is 8.07. The van der Waals surface area contributed by atoms with Crippen LogP contribution in [0.25, 0.3) is 0 Å². The maximum Gasteiger partial charge on any atom is 0.337 e. The molecule has 5 heteroatoms. The number of carboxylic acids is 1. The summed E-state index contributed by atoms with van der Waals surface area (Å²) in [6, 6.07) is 6.40. The number of carbonyl (C=O) groups excluding carboxylic acids is 1. The van der Waals surface area contributed by atoms with E-state index in [1.165, 1.54) is 18.1 Å². The molecule has 0 bridgehead atoms. The molecular weight excluding hydrogens is 222 g/mol. The highest BCUT2D eigenvalue weighted by Gasteiger charge is 2.17. The van der Waals surface area contributed by atoms with Crippen molar-refractivity contribution in [3.05, 3.63) is 29.8 Å². The maximum atomic E-state index is 11.7. The number of benzene rings is 1. The van der Waals surface area contributed by atoms with Crippen molar-refractivity contribution in [2.75, 3.05) is 25.7 Å². The first kappa shape index (κ1) is 13.2. The van der Waals surface area contributed by atoms with Gasteiger partial charge in [-0.3, -0.25) is 4.79 Å². The van der Waals surface area contributed by atoms with E-state index in [0.717, 1.165) is 0 Å². The van der Waals surface area contributed by atoms with E-state index in [1.807, 2.05) is 0 Å². The fraction of sp³-hybridized carbons (Fsp3) is 0.333. The molecule has 0 heterocycles. The Morgan fingerprint density at radius 3 is 2.59 bits per heavy atom. The smallest absolute Gasteiger partial charge is 0.337 e. The minimum Gasteiger partial charge on any atom is -0.478 e. The number of methoxy groups -OCH3 is 1. The second kappa shape index (κ2) is 6.00. The van der Waals surface area contributed by atoms with Crippen LogP contribution in [-0.4, -0.2) is 37.7 Å². The van der Waals surface area contributed by atoms with Crippen LogP contribution in [0.5, 0.6) is 0 Å². The third-order valence-electron chi connectivity index (χ3n) is 2.39. The van der Waals surface area contributed by atoms with Crippen LogP contribution in [0.3, 0.4) is 0 Å². The molecule has 1 aromatic rings. The van der Waals surface area contributed by atoms with E-state index >= 15 is 0 Å². The molecule has 0 saturated heterocycles. The number of carbonyl (C=O) groups is 2. The van der Waals surface area contributed by atoms with Crippen molar-refractivity contribution in [2.24, 2.45) is 0 Å². The summed E-state index contributed by atoms with van der Waals surface area (Å²) in [5, 5.41) is 9.01. The number of hydrogen-bond donors (Lipinski definition) is 1. The van der Waals surface area contributed by atoms with Crippen molar-refractivity contribution in [1.82, 2.24) is 0 Å². The number of nitrogens with zero attached hydrogens (tertiary/aromatic N) is 1. The van der Waals surface area contributed by atoms with Gasteiger partial charge < -0.3 is 14.7 Å². The largest absolute Gasteiger partial charge is 0.478 e. The zero-order chi connectivity index (χ0) is 12.8. The molecule has 0 saturated carbocycles. The third-order valence-corrected chi connectivity index (χ3v) is 2.39. The molecule has 0 aliphatic rings. The Morgan fingerprint density at radius 1 is 1.35 bits per heavy atom. The van der Waals surface area contributed by atoms with E-state index in [2.05, 4.69) is 0 Å².